The van der Waals surface area contributed by atoms with Gasteiger partial charge in [0.2, 0.25) is 5.91 Å². The van der Waals surface area contributed by atoms with Crippen molar-refractivity contribution in [1.29, 1.82) is 0 Å². The SMILES string of the molecule is CC1(C)C(C(=O)NCCCNCc2cccnc2)C1(C)C. The van der Waals surface area contributed by atoms with Crippen molar-refractivity contribution < 1.29 is 4.79 Å². The summed E-state index contributed by atoms with van der Waals surface area (Å²) in [6.45, 7) is 11.2. The summed E-state index contributed by atoms with van der Waals surface area (Å²) >= 11 is 0. The lowest BCUT2D eigenvalue weighted by Gasteiger charge is -2.07. The molecule has 1 aliphatic rings. The molecular weight excluding hydrogens is 262 g/mol. The molecule has 0 atom stereocenters. The van der Waals surface area contributed by atoms with Crippen molar-refractivity contribution in [3.05, 3.63) is 30.1 Å². The molecule has 0 aliphatic heterocycles. The molecule has 0 saturated heterocycles. The molecule has 0 aromatic carbocycles. The van der Waals surface area contributed by atoms with E-state index in [1.165, 1.54) is 5.56 Å². The number of nitrogens with zero attached hydrogens (tertiary/aromatic N) is 1. The van der Waals surface area contributed by atoms with Gasteiger partial charge >= 0.3 is 0 Å². The van der Waals surface area contributed by atoms with E-state index in [4.69, 9.17) is 0 Å². The van der Waals surface area contributed by atoms with Crippen LogP contribution in [0.2, 0.25) is 0 Å². The van der Waals surface area contributed by atoms with Crippen LogP contribution in [0.5, 0.6) is 0 Å². The molecule has 1 aromatic rings. The van der Waals surface area contributed by atoms with E-state index in [1.807, 2.05) is 12.3 Å². The van der Waals surface area contributed by atoms with Crippen molar-refractivity contribution in [2.75, 3.05) is 13.1 Å². The van der Waals surface area contributed by atoms with Crippen LogP contribution in [0, 0.1) is 16.7 Å². The van der Waals surface area contributed by atoms with Crippen LogP contribution in [0.3, 0.4) is 0 Å². The maximum absolute atomic E-state index is 12.2. The van der Waals surface area contributed by atoms with Crippen molar-refractivity contribution in [2.24, 2.45) is 16.7 Å². The fraction of sp³-hybridized carbons (Fsp3) is 0.647. The van der Waals surface area contributed by atoms with Gasteiger partial charge in [-0.3, -0.25) is 9.78 Å². The average molecular weight is 289 g/mol. The topological polar surface area (TPSA) is 54.0 Å². The number of hydrogen-bond acceptors (Lipinski definition) is 3. The third-order valence-corrected chi connectivity index (χ3v) is 5.16. The van der Waals surface area contributed by atoms with Gasteiger partial charge in [-0.2, -0.15) is 0 Å². The molecule has 4 nitrogen and oxygen atoms in total. The number of rotatable bonds is 7. The molecule has 4 heteroatoms. The molecule has 116 valence electrons. The van der Waals surface area contributed by atoms with Gasteiger partial charge in [0.25, 0.3) is 0 Å². The zero-order valence-electron chi connectivity index (χ0n) is 13.6. The maximum atomic E-state index is 12.2. The summed E-state index contributed by atoms with van der Waals surface area (Å²) in [7, 11) is 0. The largest absolute Gasteiger partial charge is 0.356 e. The van der Waals surface area contributed by atoms with E-state index in [9.17, 15) is 4.79 Å². The predicted molar refractivity (Wildman–Crippen MR) is 84.6 cm³/mol. The Labute approximate surface area is 127 Å². The number of pyridine rings is 1. The first kappa shape index (κ1) is 16.0. The van der Waals surface area contributed by atoms with Crippen LogP contribution in [0.25, 0.3) is 0 Å². The molecule has 21 heavy (non-hydrogen) atoms. The lowest BCUT2D eigenvalue weighted by Crippen LogP contribution is -2.30. The maximum Gasteiger partial charge on any atom is 0.224 e. The first-order valence-electron chi connectivity index (χ1n) is 7.74. The molecule has 0 radical (unpaired) electrons. The summed E-state index contributed by atoms with van der Waals surface area (Å²) in [5, 5.41) is 6.42. The standard InChI is InChI=1S/C17H27N3O/c1-16(2)14(17(16,3)4)15(21)20-10-6-9-19-12-13-7-5-8-18-11-13/h5,7-8,11,14,19H,6,9-10,12H2,1-4H3,(H,20,21). The van der Waals surface area contributed by atoms with Crippen LogP contribution in [-0.4, -0.2) is 24.0 Å². The fourth-order valence-electron chi connectivity index (χ4n) is 3.11. The van der Waals surface area contributed by atoms with Gasteiger partial charge < -0.3 is 10.6 Å². The van der Waals surface area contributed by atoms with Gasteiger partial charge in [0.15, 0.2) is 0 Å². The number of carbonyl (C=O) groups is 1. The molecule has 0 spiro atoms. The Hall–Kier alpha value is -1.42. The van der Waals surface area contributed by atoms with Crippen molar-refractivity contribution in [3.63, 3.8) is 0 Å². The minimum absolute atomic E-state index is 0.121. The number of aromatic nitrogens is 1. The van der Waals surface area contributed by atoms with Gasteiger partial charge in [-0.05, 0) is 35.4 Å². The average Bonchev–Trinajstić information content (AvgIpc) is 2.85. The van der Waals surface area contributed by atoms with E-state index in [-0.39, 0.29) is 22.7 Å². The molecule has 1 aliphatic carbocycles. The minimum atomic E-state index is 0.121. The van der Waals surface area contributed by atoms with E-state index in [2.05, 4.69) is 49.4 Å². The Kier molecular flexibility index (Phi) is 4.67. The van der Waals surface area contributed by atoms with E-state index in [0.29, 0.717) is 0 Å². The van der Waals surface area contributed by atoms with Gasteiger partial charge in [0.05, 0.1) is 0 Å². The van der Waals surface area contributed by atoms with Gasteiger partial charge in [0.1, 0.15) is 0 Å². The Morgan fingerprint density at radius 2 is 1.95 bits per heavy atom. The molecule has 1 amide bonds. The second-order valence-corrected chi connectivity index (χ2v) is 7.06. The van der Waals surface area contributed by atoms with E-state index in [1.54, 1.807) is 6.20 Å². The van der Waals surface area contributed by atoms with E-state index < -0.39 is 0 Å². The van der Waals surface area contributed by atoms with Gasteiger partial charge in [-0.15, -0.1) is 0 Å². The predicted octanol–water partition coefficient (Wildman–Crippen LogP) is 2.36. The van der Waals surface area contributed by atoms with Crippen molar-refractivity contribution >= 4 is 5.91 Å². The number of nitrogens with one attached hydrogen (secondary N) is 2. The zero-order valence-corrected chi connectivity index (χ0v) is 13.6. The quantitative estimate of drug-likeness (QED) is 0.758. The molecule has 0 bridgehead atoms. The van der Waals surface area contributed by atoms with Crippen LogP contribution < -0.4 is 10.6 Å². The van der Waals surface area contributed by atoms with Crippen LogP contribution in [-0.2, 0) is 11.3 Å². The normalized spacial score (nSPS) is 19.2. The van der Waals surface area contributed by atoms with Crippen molar-refractivity contribution in [1.82, 2.24) is 15.6 Å². The number of amides is 1. The smallest absolute Gasteiger partial charge is 0.224 e. The fourth-order valence-corrected chi connectivity index (χ4v) is 3.11. The van der Waals surface area contributed by atoms with Crippen LogP contribution >= 0.6 is 0 Å². The summed E-state index contributed by atoms with van der Waals surface area (Å²) in [4.78, 5) is 16.2. The van der Waals surface area contributed by atoms with Crippen LogP contribution in [0.15, 0.2) is 24.5 Å². The lowest BCUT2D eigenvalue weighted by molar-refractivity contribution is -0.123. The summed E-state index contributed by atoms with van der Waals surface area (Å²) < 4.78 is 0. The summed E-state index contributed by atoms with van der Waals surface area (Å²) in [6.07, 6.45) is 4.59. The molecule has 2 rings (SSSR count). The Balaban J connectivity index is 1.58. The van der Waals surface area contributed by atoms with Crippen molar-refractivity contribution in [2.45, 2.75) is 40.7 Å². The first-order valence-corrected chi connectivity index (χ1v) is 7.74. The highest BCUT2D eigenvalue weighted by molar-refractivity contribution is 5.84. The van der Waals surface area contributed by atoms with Crippen molar-refractivity contribution in [3.8, 4) is 0 Å². The third kappa shape index (κ3) is 3.43. The Morgan fingerprint density at radius 3 is 2.52 bits per heavy atom. The zero-order chi connectivity index (χ0) is 15.5. The minimum Gasteiger partial charge on any atom is -0.356 e. The van der Waals surface area contributed by atoms with E-state index >= 15 is 0 Å². The Bertz CT molecular complexity index is 468. The summed E-state index contributed by atoms with van der Waals surface area (Å²) in [5.41, 5.74) is 1.42. The third-order valence-electron chi connectivity index (χ3n) is 5.16. The van der Waals surface area contributed by atoms with Gasteiger partial charge in [-0.1, -0.05) is 33.8 Å². The lowest BCUT2D eigenvalue weighted by atomic mass is 10.0. The molecular formula is C17H27N3O. The Morgan fingerprint density at radius 1 is 1.24 bits per heavy atom. The molecule has 0 unspecified atom stereocenters. The molecule has 1 heterocycles. The van der Waals surface area contributed by atoms with Crippen LogP contribution in [0.1, 0.15) is 39.7 Å². The van der Waals surface area contributed by atoms with Crippen LogP contribution in [0.4, 0.5) is 0 Å². The highest BCUT2D eigenvalue weighted by Gasteiger charge is 2.68. The highest BCUT2D eigenvalue weighted by atomic mass is 16.2. The highest BCUT2D eigenvalue weighted by Crippen LogP contribution is 2.68. The molecule has 2 N–H and O–H groups in total. The van der Waals surface area contributed by atoms with Gasteiger partial charge in [-0.25, -0.2) is 0 Å². The molecule has 1 fully saturated rings. The van der Waals surface area contributed by atoms with E-state index in [0.717, 1.165) is 26.1 Å². The monoisotopic (exact) mass is 289 g/mol. The second kappa shape index (κ2) is 6.14. The van der Waals surface area contributed by atoms with Gasteiger partial charge in [0, 0.05) is 31.4 Å². The summed E-state index contributed by atoms with van der Waals surface area (Å²) in [6, 6.07) is 4.00. The number of carbonyl (C=O) groups excluding carboxylic acids is 1. The molecule has 1 saturated carbocycles. The number of hydrogen-bond donors (Lipinski definition) is 2. The summed E-state index contributed by atoms with van der Waals surface area (Å²) in [5.74, 6) is 0.352. The molecule has 1 aromatic heterocycles. The second-order valence-electron chi connectivity index (χ2n) is 7.06. The first-order chi connectivity index (χ1) is 9.87.